The molecule has 1 aliphatic heterocycles. The molecule has 3 nitrogen and oxygen atoms in total. The highest BCUT2D eigenvalue weighted by Crippen LogP contribution is 2.26. The van der Waals surface area contributed by atoms with Gasteiger partial charge >= 0.3 is 0 Å². The molecular weight excluding hydrogens is 174 g/mol. The van der Waals surface area contributed by atoms with Crippen LogP contribution in [-0.2, 0) is 13.0 Å². The van der Waals surface area contributed by atoms with E-state index in [0.29, 0.717) is 0 Å². The van der Waals surface area contributed by atoms with Crippen molar-refractivity contribution in [3.05, 3.63) is 29.5 Å². The Hall–Kier alpha value is -1.48. The molecule has 4 N–H and O–H groups in total. The third-order valence-electron chi connectivity index (χ3n) is 2.87. The summed E-state index contributed by atoms with van der Waals surface area (Å²) < 4.78 is 0. The van der Waals surface area contributed by atoms with Gasteiger partial charge in [-0.1, -0.05) is 6.07 Å². The zero-order valence-corrected chi connectivity index (χ0v) is 7.93. The molecule has 2 aromatic rings. The third-order valence-corrected chi connectivity index (χ3v) is 2.87. The molecule has 0 saturated heterocycles. The lowest BCUT2D eigenvalue weighted by molar-refractivity contribution is 0.641. The first kappa shape index (κ1) is 7.88. The van der Waals surface area contributed by atoms with Gasteiger partial charge in [-0.15, -0.1) is 0 Å². The number of aromatic nitrogens is 1. The maximum atomic E-state index is 5.75. The molecule has 0 spiro atoms. The molecular formula is C11H13N3. The summed E-state index contributed by atoms with van der Waals surface area (Å²) in [7, 11) is 0. The van der Waals surface area contributed by atoms with Crippen molar-refractivity contribution < 1.29 is 0 Å². The van der Waals surface area contributed by atoms with Gasteiger partial charge in [0.1, 0.15) is 0 Å². The maximum Gasteiger partial charge on any atom is 0.0480 e. The van der Waals surface area contributed by atoms with Crippen molar-refractivity contribution in [3.63, 3.8) is 0 Å². The number of benzene rings is 1. The minimum absolute atomic E-state index is 0.823. The number of aromatic amines is 1. The lowest BCUT2D eigenvalue weighted by Gasteiger charge is -2.12. The molecule has 1 aromatic carbocycles. The second kappa shape index (κ2) is 2.75. The molecule has 1 aliphatic rings. The summed E-state index contributed by atoms with van der Waals surface area (Å²) in [5.41, 5.74) is 10.5. The van der Waals surface area contributed by atoms with Crippen LogP contribution in [0, 0.1) is 0 Å². The molecule has 0 amide bonds. The number of fused-ring (bicyclic) bond motifs is 3. The van der Waals surface area contributed by atoms with Gasteiger partial charge in [-0.3, -0.25) is 0 Å². The molecule has 0 radical (unpaired) electrons. The van der Waals surface area contributed by atoms with Crippen molar-refractivity contribution in [1.82, 2.24) is 10.3 Å². The van der Waals surface area contributed by atoms with Crippen molar-refractivity contribution in [1.29, 1.82) is 0 Å². The number of nitrogen functional groups attached to an aromatic ring is 1. The molecule has 3 heteroatoms. The average molecular weight is 187 g/mol. The van der Waals surface area contributed by atoms with Crippen LogP contribution in [-0.4, -0.2) is 11.5 Å². The SMILES string of the molecule is Nc1ccc2c3c([nH]c2c1)CCNC3. The van der Waals surface area contributed by atoms with Crippen molar-refractivity contribution in [3.8, 4) is 0 Å². The number of hydrogen-bond acceptors (Lipinski definition) is 2. The highest BCUT2D eigenvalue weighted by atomic mass is 14.9. The van der Waals surface area contributed by atoms with Crippen LogP contribution in [0.3, 0.4) is 0 Å². The standard InChI is InChI=1S/C11H13N3/c12-7-1-2-8-9-6-13-4-3-10(9)14-11(8)5-7/h1-2,5,13-14H,3-4,6,12H2. The van der Waals surface area contributed by atoms with E-state index in [2.05, 4.69) is 16.4 Å². The van der Waals surface area contributed by atoms with Gasteiger partial charge in [-0.25, -0.2) is 0 Å². The quantitative estimate of drug-likeness (QED) is 0.546. The molecule has 0 atom stereocenters. The summed E-state index contributed by atoms with van der Waals surface area (Å²) >= 11 is 0. The predicted molar refractivity (Wildman–Crippen MR) is 58.1 cm³/mol. The maximum absolute atomic E-state index is 5.75. The molecule has 72 valence electrons. The van der Waals surface area contributed by atoms with E-state index in [1.54, 1.807) is 0 Å². The summed E-state index contributed by atoms with van der Waals surface area (Å²) in [5.74, 6) is 0. The van der Waals surface area contributed by atoms with Crippen LogP contribution in [0.15, 0.2) is 18.2 Å². The topological polar surface area (TPSA) is 53.8 Å². The van der Waals surface area contributed by atoms with E-state index in [1.807, 2.05) is 12.1 Å². The van der Waals surface area contributed by atoms with E-state index >= 15 is 0 Å². The van der Waals surface area contributed by atoms with Crippen molar-refractivity contribution in [2.45, 2.75) is 13.0 Å². The summed E-state index contributed by atoms with van der Waals surface area (Å²) in [4.78, 5) is 3.44. The van der Waals surface area contributed by atoms with Gasteiger partial charge in [0.15, 0.2) is 0 Å². The van der Waals surface area contributed by atoms with Crippen LogP contribution in [0.5, 0.6) is 0 Å². The fraction of sp³-hybridized carbons (Fsp3) is 0.273. The Labute approximate surface area is 82.3 Å². The Morgan fingerprint density at radius 3 is 3.14 bits per heavy atom. The van der Waals surface area contributed by atoms with E-state index < -0.39 is 0 Å². The minimum Gasteiger partial charge on any atom is -0.399 e. The Kier molecular flexibility index (Phi) is 1.55. The van der Waals surface area contributed by atoms with Crippen LogP contribution in [0.2, 0.25) is 0 Å². The third kappa shape index (κ3) is 1.02. The first-order valence-corrected chi connectivity index (χ1v) is 4.94. The molecule has 3 rings (SSSR count). The Bertz CT molecular complexity index is 484. The van der Waals surface area contributed by atoms with Crippen LogP contribution in [0.4, 0.5) is 5.69 Å². The molecule has 0 saturated carbocycles. The van der Waals surface area contributed by atoms with Crippen LogP contribution < -0.4 is 11.1 Å². The van der Waals surface area contributed by atoms with E-state index in [9.17, 15) is 0 Å². The molecule has 14 heavy (non-hydrogen) atoms. The molecule has 0 aliphatic carbocycles. The monoisotopic (exact) mass is 187 g/mol. The number of nitrogens with two attached hydrogens (primary N) is 1. The number of anilines is 1. The number of H-pyrrole nitrogens is 1. The van der Waals surface area contributed by atoms with E-state index in [1.165, 1.54) is 22.2 Å². The van der Waals surface area contributed by atoms with Gasteiger partial charge in [-0.05, 0) is 17.7 Å². The smallest absolute Gasteiger partial charge is 0.0480 e. The fourth-order valence-corrected chi connectivity index (χ4v) is 2.17. The second-order valence-electron chi connectivity index (χ2n) is 3.81. The molecule has 0 unspecified atom stereocenters. The van der Waals surface area contributed by atoms with Crippen LogP contribution in [0.1, 0.15) is 11.3 Å². The lowest BCUT2D eigenvalue weighted by atomic mass is 10.1. The van der Waals surface area contributed by atoms with Gasteiger partial charge in [0, 0.05) is 41.8 Å². The molecule has 2 heterocycles. The predicted octanol–water partition coefficient (Wildman–Crippen LogP) is 1.40. The first-order chi connectivity index (χ1) is 6.84. The van der Waals surface area contributed by atoms with Gasteiger partial charge in [0.2, 0.25) is 0 Å². The minimum atomic E-state index is 0.823. The highest BCUT2D eigenvalue weighted by Gasteiger charge is 2.14. The molecule has 0 fully saturated rings. The zero-order chi connectivity index (χ0) is 9.54. The Morgan fingerprint density at radius 2 is 2.21 bits per heavy atom. The normalized spacial score (nSPS) is 15.7. The second-order valence-corrected chi connectivity index (χ2v) is 3.81. The van der Waals surface area contributed by atoms with Crippen molar-refractivity contribution in [2.24, 2.45) is 0 Å². The average Bonchev–Trinajstić information content (AvgIpc) is 2.54. The highest BCUT2D eigenvalue weighted by molar-refractivity contribution is 5.87. The van der Waals surface area contributed by atoms with Crippen LogP contribution >= 0.6 is 0 Å². The molecule has 1 aromatic heterocycles. The summed E-state index contributed by atoms with van der Waals surface area (Å²) in [6.07, 6.45) is 1.09. The summed E-state index contributed by atoms with van der Waals surface area (Å²) in [6, 6.07) is 6.08. The van der Waals surface area contributed by atoms with E-state index in [4.69, 9.17) is 5.73 Å². The van der Waals surface area contributed by atoms with Gasteiger partial charge in [0.05, 0.1) is 0 Å². The zero-order valence-electron chi connectivity index (χ0n) is 7.93. The van der Waals surface area contributed by atoms with E-state index in [-0.39, 0.29) is 0 Å². The largest absolute Gasteiger partial charge is 0.399 e. The van der Waals surface area contributed by atoms with Crippen molar-refractivity contribution >= 4 is 16.6 Å². The van der Waals surface area contributed by atoms with Crippen molar-refractivity contribution in [2.75, 3.05) is 12.3 Å². The van der Waals surface area contributed by atoms with Gasteiger partial charge in [-0.2, -0.15) is 0 Å². The summed E-state index contributed by atoms with van der Waals surface area (Å²) in [6.45, 7) is 2.04. The molecule has 0 bridgehead atoms. The number of rotatable bonds is 0. The van der Waals surface area contributed by atoms with Crippen LogP contribution in [0.25, 0.3) is 10.9 Å². The Morgan fingerprint density at radius 1 is 1.29 bits per heavy atom. The fourth-order valence-electron chi connectivity index (χ4n) is 2.17. The van der Waals surface area contributed by atoms with E-state index in [0.717, 1.165) is 25.2 Å². The number of nitrogens with one attached hydrogen (secondary N) is 2. The number of hydrogen-bond donors (Lipinski definition) is 3. The van der Waals surface area contributed by atoms with Gasteiger partial charge < -0.3 is 16.0 Å². The first-order valence-electron chi connectivity index (χ1n) is 4.94. The summed E-state index contributed by atoms with van der Waals surface area (Å²) in [5, 5.41) is 4.69. The Balaban J connectivity index is 2.31. The van der Waals surface area contributed by atoms with Gasteiger partial charge in [0.25, 0.3) is 0 Å². The lowest BCUT2D eigenvalue weighted by Crippen LogP contribution is -2.22.